The average Bonchev–Trinajstić information content (AvgIpc) is 2.28. The van der Waals surface area contributed by atoms with Crippen LogP contribution in [-0.4, -0.2) is 24.0 Å². The maximum atomic E-state index is 11.7. The number of amides is 2. The Bertz CT molecular complexity index is 363. The van der Waals surface area contributed by atoms with Gasteiger partial charge in [0.2, 0.25) is 0 Å². The predicted octanol–water partition coefficient (Wildman–Crippen LogP) is 2.02. The number of hydrogen-bond donors (Lipinski definition) is 2. The van der Waals surface area contributed by atoms with E-state index in [2.05, 4.69) is 5.32 Å². The van der Waals surface area contributed by atoms with Gasteiger partial charge in [-0.2, -0.15) is 0 Å². The van der Waals surface area contributed by atoms with E-state index in [4.69, 9.17) is 5.73 Å². The molecule has 88 valence electrons. The SMILES string of the molecule is CC(C)N(C)C(=O)Nc1cccc(CN)c1. The van der Waals surface area contributed by atoms with E-state index in [1.54, 1.807) is 11.9 Å². The van der Waals surface area contributed by atoms with Crippen molar-refractivity contribution in [3.8, 4) is 0 Å². The zero-order valence-electron chi connectivity index (χ0n) is 10.0. The highest BCUT2D eigenvalue weighted by Gasteiger charge is 2.11. The fourth-order valence-electron chi connectivity index (χ4n) is 1.22. The summed E-state index contributed by atoms with van der Waals surface area (Å²) in [5.41, 5.74) is 7.32. The van der Waals surface area contributed by atoms with Gasteiger partial charge in [0.05, 0.1) is 0 Å². The van der Waals surface area contributed by atoms with Gasteiger partial charge in [0.25, 0.3) is 0 Å². The second-order valence-corrected chi connectivity index (χ2v) is 4.04. The molecular formula is C12H19N3O. The van der Waals surface area contributed by atoms with Crippen molar-refractivity contribution in [3.05, 3.63) is 29.8 Å². The molecule has 0 unspecified atom stereocenters. The van der Waals surface area contributed by atoms with E-state index in [-0.39, 0.29) is 12.1 Å². The number of nitrogens with one attached hydrogen (secondary N) is 1. The normalized spacial score (nSPS) is 10.3. The van der Waals surface area contributed by atoms with Crippen LogP contribution < -0.4 is 11.1 Å². The Hall–Kier alpha value is -1.55. The molecule has 0 aromatic heterocycles. The lowest BCUT2D eigenvalue weighted by Crippen LogP contribution is -2.36. The highest BCUT2D eigenvalue weighted by atomic mass is 16.2. The third-order valence-corrected chi connectivity index (χ3v) is 2.51. The molecule has 16 heavy (non-hydrogen) atoms. The fourth-order valence-corrected chi connectivity index (χ4v) is 1.22. The minimum atomic E-state index is -0.107. The molecule has 0 radical (unpaired) electrons. The Kier molecular flexibility index (Phi) is 4.31. The molecule has 1 rings (SSSR count). The van der Waals surface area contributed by atoms with Crippen LogP contribution >= 0.6 is 0 Å². The van der Waals surface area contributed by atoms with Gasteiger partial charge in [-0.1, -0.05) is 12.1 Å². The van der Waals surface area contributed by atoms with Gasteiger partial charge in [0.1, 0.15) is 0 Å². The number of nitrogens with two attached hydrogens (primary N) is 1. The first-order valence-electron chi connectivity index (χ1n) is 5.37. The van der Waals surface area contributed by atoms with Gasteiger partial charge >= 0.3 is 6.03 Å². The molecule has 4 nitrogen and oxygen atoms in total. The lowest BCUT2D eigenvalue weighted by atomic mass is 10.2. The molecule has 2 amide bonds. The fraction of sp³-hybridized carbons (Fsp3) is 0.417. The quantitative estimate of drug-likeness (QED) is 0.820. The van der Waals surface area contributed by atoms with Crippen LogP contribution in [0.15, 0.2) is 24.3 Å². The lowest BCUT2D eigenvalue weighted by Gasteiger charge is -2.21. The van der Waals surface area contributed by atoms with Gasteiger partial charge in [-0.25, -0.2) is 4.79 Å². The zero-order valence-corrected chi connectivity index (χ0v) is 10.0. The number of benzene rings is 1. The topological polar surface area (TPSA) is 58.4 Å². The maximum absolute atomic E-state index is 11.7. The number of carbonyl (C=O) groups excluding carboxylic acids is 1. The smallest absolute Gasteiger partial charge is 0.321 e. The summed E-state index contributed by atoms with van der Waals surface area (Å²) in [6, 6.07) is 7.62. The summed E-state index contributed by atoms with van der Waals surface area (Å²) in [5, 5.41) is 2.83. The number of urea groups is 1. The number of carbonyl (C=O) groups is 1. The van der Waals surface area contributed by atoms with Gasteiger partial charge < -0.3 is 16.0 Å². The van der Waals surface area contributed by atoms with Crippen LogP contribution in [-0.2, 0) is 6.54 Å². The van der Waals surface area contributed by atoms with Crippen LogP contribution in [0.3, 0.4) is 0 Å². The Morgan fingerprint density at radius 2 is 2.19 bits per heavy atom. The molecule has 3 N–H and O–H groups in total. The summed E-state index contributed by atoms with van der Waals surface area (Å²) in [6.07, 6.45) is 0. The molecule has 0 heterocycles. The lowest BCUT2D eigenvalue weighted by molar-refractivity contribution is 0.211. The molecule has 0 spiro atoms. The van der Waals surface area contributed by atoms with Gasteiger partial charge in [0, 0.05) is 25.3 Å². The van der Waals surface area contributed by atoms with E-state index in [1.165, 1.54) is 0 Å². The van der Waals surface area contributed by atoms with Crippen LogP contribution in [0.25, 0.3) is 0 Å². The molecule has 0 fully saturated rings. The Morgan fingerprint density at radius 1 is 1.50 bits per heavy atom. The molecule has 0 bridgehead atoms. The highest BCUT2D eigenvalue weighted by molar-refractivity contribution is 5.89. The first-order chi connectivity index (χ1) is 7.54. The van der Waals surface area contributed by atoms with Crippen molar-refractivity contribution in [2.45, 2.75) is 26.4 Å². The first kappa shape index (κ1) is 12.5. The summed E-state index contributed by atoms with van der Waals surface area (Å²) in [4.78, 5) is 13.4. The number of rotatable bonds is 3. The van der Waals surface area contributed by atoms with Gasteiger partial charge in [-0.15, -0.1) is 0 Å². The predicted molar refractivity (Wildman–Crippen MR) is 66.3 cm³/mol. The third kappa shape index (κ3) is 3.24. The monoisotopic (exact) mass is 221 g/mol. The number of anilines is 1. The van der Waals surface area contributed by atoms with Crippen LogP contribution in [0, 0.1) is 0 Å². The standard InChI is InChI=1S/C12H19N3O/c1-9(2)15(3)12(16)14-11-6-4-5-10(7-11)8-13/h4-7,9H,8,13H2,1-3H3,(H,14,16). The molecular weight excluding hydrogens is 202 g/mol. The molecule has 4 heteroatoms. The summed E-state index contributed by atoms with van der Waals surface area (Å²) < 4.78 is 0. The minimum absolute atomic E-state index is 0.107. The maximum Gasteiger partial charge on any atom is 0.321 e. The zero-order chi connectivity index (χ0) is 12.1. The summed E-state index contributed by atoms with van der Waals surface area (Å²) in [7, 11) is 1.77. The van der Waals surface area contributed by atoms with Crippen molar-refractivity contribution in [2.75, 3.05) is 12.4 Å². The van der Waals surface area contributed by atoms with Crippen molar-refractivity contribution in [2.24, 2.45) is 5.73 Å². The Morgan fingerprint density at radius 3 is 2.75 bits per heavy atom. The molecule has 0 aliphatic carbocycles. The van der Waals surface area contributed by atoms with Gasteiger partial charge in [-0.3, -0.25) is 0 Å². The highest BCUT2D eigenvalue weighted by Crippen LogP contribution is 2.11. The van der Waals surface area contributed by atoms with Crippen LogP contribution in [0.1, 0.15) is 19.4 Å². The molecule has 1 aromatic carbocycles. The number of hydrogen-bond acceptors (Lipinski definition) is 2. The second kappa shape index (κ2) is 5.51. The van der Waals surface area contributed by atoms with Crippen LogP contribution in [0.4, 0.5) is 10.5 Å². The van der Waals surface area contributed by atoms with Crippen molar-refractivity contribution in [1.29, 1.82) is 0 Å². The van der Waals surface area contributed by atoms with Gasteiger partial charge in [-0.05, 0) is 31.5 Å². The van der Waals surface area contributed by atoms with Crippen molar-refractivity contribution < 1.29 is 4.79 Å². The van der Waals surface area contributed by atoms with E-state index < -0.39 is 0 Å². The van der Waals surface area contributed by atoms with E-state index >= 15 is 0 Å². The average molecular weight is 221 g/mol. The minimum Gasteiger partial charge on any atom is -0.326 e. The van der Waals surface area contributed by atoms with Crippen LogP contribution in [0.5, 0.6) is 0 Å². The molecule has 0 aliphatic heterocycles. The van der Waals surface area contributed by atoms with E-state index in [0.717, 1.165) is 11.3 Å². The van der Waals surface area contributed by atoms with Crippen molar-refractivity contribution in [1.82, 2.24) is 4.90 Å². The van der Waals surface area contributed by atoms with Crippen molar-refractivity contribution >= 4 is 11.7 Å². The van der Waals surface area contributed by atoms with E-state index in [0.29, 0.717) is 6.54 Å². The van der Waals surface area contributed by atoms with Gasteiger partial charge in [0.15, 0.2) is 0 Å². The molecule has 1 aromatic rings. The molecule has 0 saturated carbocycles. The van der Waals surface area contributed by atoms with E-state index in [1.807, 2.05) is 38.1 Å². The molecule has 0 aliphatic rings. The van der Waals surface area contributed by atoms with Crippen LogP contribution in [0.2, 0.25) is 0 Å². The molecule has 0 atom stereocenters. The van der Waals surface area contributed by atoms with Crippen molar-refractivity contribution in [3.63, 3.8) is 0 Å². The second-order valence-electron chi connectivity index (χ2n) is 4.04. The third-order valence-electron chi connectivity index (χ3n) is 2.51. The molecule has 0 saturated heterocycles. The summed E-state index contributed by atoms with van der Waals surface area (Å²) in [6.45, 7) is 4.41. The summed E-state index contributed by atoms with van der Waals surface area (Å²) in [5.74, 6) is 0. The first-order valence-corrected chi connectivity index (χ1v) is 5.37. The Balaban J connectivity index is 2.69. The number of nitrogens with zero attached hydrogens (tertiary/aromatic N) is 1. The summed E-state index contributed by atoms with van der Waals surface area (Å²) >= 11 is 0. The van der Waals surface area contributed by atoms with E-state index in [9.17, 15) is 4.79 Å². The largest absolute Gasteiger partial charge is 0.326 e. The Labute approximate surface area is 96.4 Å².